The van der Waals surface area contributed by atoms with Crippen LogP contribution in [0.15, 0.2) is 54.6 Å². The maximum Gasteiger partial charge on any atom is 0.258 e. The number of hydrogen-bond acceptors (Lipinski definition) is 4. The van der Waals surface area contributed by atoms with E-state index in [2.05, 4.69) is 10.6 Å². The molecule has 0 saturated heterocycles. The number of carbonyl (C=O) groups is 2. The van der Waals surface area contributed by atoms with E-state index in [9.17, 15) is 9.59 Å². The van der Waals surface area contributed by atoms with Gasteiger partial charge in [0.15, 0.2) is 18.1 Å². The van der Waals surface area contributed by atoms with E-state index in [0.29, 0.717) is 37.5 Å². The normalized spacial score (nSPS) is 15.0. The molecule has 31 heavy (non-hydrogen) atoms. The summed E-state index contributed by atoms with van der Waals surface area (Å²) < 4.78 is 11.7. The van der Waals surface area contributed by atoms with Crippen LogP contribution in [-0.4, -0.2) is 30.5 Å². The molecule has 0 unspecified atom stereocenters. The first kappa shape index (κ1) is 22.7. The molecule has 1 saturated carbocycles. The Morgan fingerprint density at radius 1 is 0.903 bits per heavy atom. The zero-order valence-electron chi connectivity index (χ0n) is 18.2. The lowest BCUT2D eigenvalue weighted by Crippen LogP contribution is -2.60. The summed E-state index contributed by atoms with van der Waals surface area (Å²) >= 11 is 0. The van der Waals surface area contributed by atoms with Crippen LogP contribution < -0.4 is 20.1 Å². The van der Waals surface area contributed by atoms with E-state index in [1.165, 1.54) is 0 Å². The van der Waals surface area contributed by atoms with Gasteiger partial charge >= 0.3 is 0 Å². The van der Waals surface area contributed by atoms with Crippen molar-refractivity contribution in [2.24, 2.45) is 0 Å². The van der Waals surface area contributed by atoms with Crippen LogP contribution in [0, 0.1) is 0 Å². The fourth-order valence-corrected chi connectivity index (χ4v) is 3.84. The molecule has 3 rings (SSSR count). The van der Waals surface area contributed by atoms with E-state index < -0.39 is 5.54 Å². The first-order chi connectivity index (χ1) is 15.1. The molecule has 0 spiro atoms. The van der Waals surface area contributed by atoms with Gasteiger partial charge in [-0.05, 0) is 37.0 Å². The van der Waals surface area contributed by atoms with Gasteiger partial charge in [-0.1, -0.05) is 68.7 Å². The third-order valence-corrected chi connectivity index (χ3v) is 5.50. The Labute approximate surface area is 184 Å². The summed E-state index contributed by atoms with van der Waals surface area (Å²) in [5.41, 5.74) is 0.212. The zero-order valence-corrected chi connectivity index (χ0v) is 18.2. The largest absolute Gasteiger partial charge is 0.485 e. The minimum absolute atomic E-state index is 0.0889. The van der Waals surface area contributed by atoms with Gasteiger partial charge in [0.25, 0.3) is 5.91 Å². The summed E-state index contributed by atoms with van der Waals surface area (Å²) in [5.74, 6) is 0.689. The monoisotopic (exact) mass is 424 g/mol. The second-order valence-electron chi connectivity index (χ2n) is 7.96. The van der Waals surface area contributed by atoms with Crippen LogP contribution in [0.5, 0.6) is 11.5 Å². The highest BCUT2D eigenvalue weighted by Gasteiger charge is 2.40. The van der Waals surface area contributed by atoms with Crippen LogP contribution in [0.4, 0.5) is 0 Å². The molecule has 0 aliphatic heterocycles. The summed E-state index contributed by atoms with van der Waals surface area (Å²) in [5, 5.41) is 5.92. The van der Waals surface area contributed by atoms with Gasteiger partial charge in [0, 0.05) is 6.54 Å². The topological polar surface area (TPSA) is 76.7 Å². The highest BCUT2D eigenvalue weighted by molar-refractivity contribution is 5.92. The van der Waals surface area contributed by atoms with Gasteiger partial charge in [-0.25, -0.2) is 0 Å². The molecule has 0 atom stereocenters. The summed E-state index contributed by atoms with van der Waals surface area (Å²) in [6.07, 6.45) is 5.11. The summed E-state index contributed by atoms with van der Waals surface area (Å²) in [7, 11) is 0. The quantitative estimate of drug-likeness (QED) is 0.605. The number of hydrogen-bond donors (Lipinski definition) is 2. The molecule has 0 radical (unpaired) electrons. The van der Waals surface area contributed by atoms with E-state index >= 15 is 0 Å². The summed E-state index contributed by atoms with van der Waals surface area (Å²) in [4.78, 5) is 25.5. The molecule has 2 aromatic rings. The molecule has 1 fully saturated rings. The first-order valence-corrected chi connectivity index (χ1v) is 11.1. The van der Waals surface area contributed by atoms with Gasteiger partial charge in [-0.2, -0.15) is 0 Å². The number of amides is 2. The van der Waals surface area contributed by atoms with Crippen molar-refractivity contribution in [3.05, 3.63) is 60.2 Å². The van der Waals surface area contributed by atoms with Gasteiger partial charge in [0.1, 0.15) is 12.1 Å². The van der Waals surface area contributed by atoms with Crippen molar-refractivity contribution >= 4 is 11.8 Å². The Kier molecular flexibility index (Phi) is 8.33. The molecular formula is C25H32N2O4. The Morgan fingerprint density at radius 3 is 2.23 bits per heavy atom. The lowest BCUT2D eigenvalue weighted by atomic mass is 9.80. The van der Waals surface area contributed by atoms with Crippen molar-refractivity contribution < 1.29 is 19.1 Å². The molecule has 1 aliphatic carbocycles. The van der Waals surface area contributed by atoms with Crippen LogP contribution >= 0.6 is 0 Å². The van der Waals surface area contributed by atoms with E-state index in [0.717, 1.165) is 31.2 Å². The van der Waals surface area contributed by atoms with Crippen molar-refractivity contribution in [3.8, 4) is 11.5 Å². The molecule has 0 heterocycles. The molecule has 6 nitrogen and oxygen atoms in total. The molecule has 0 bridgehead atoms. The van der Waals surface area contributed by atoms with Crippen LogP contribution in [0.2, 0.25) is 0 Å². The second kappa shape index (κ2) is 11.4. The predicted molar refractivity (Wildman–Crippen MR) is 120 cm³/mol. The average Bonchev–Trinajstić information content (AvgIpc) is 2.81. The van der Waals surface area contributed by atoms with Crippen molar-refractivity contribution in [2.75, 3.05) is 13.2 Å². The van der Waals surface area contributed by atoms with Gasteiger partial charge in [-0.15, -0.1) is 0 Å². The molecule has 1 aliphatic rings. The maximum atomic E-state index is 12.8. The zero-order chi connectivity index (χ0) is 21.9. The first-order valence-electron chi connectivity index (χ1n) is 11.1. The highest BCUT2D eigenvalue weighted by atomic mass is 16.5. The minimum atomic E-state index is -0.836. The third-order valence-electron chi connectivity index (χ3n) is 5.50. The standard InChI is InChI=1S/C25H32N2O4/c1-2-17-26-24(29)25(15-9-4-10-16-25)27-23(28)19-31-22-14-8-7-13-21(22)30-18-20-11-5-3-6-12-20/h3,5-8,11-14H,2,4,9-10,15-19H2,1H3,(H,26,29)(H,27,28). The van der Waals surface area contributed by atoms with Crippen molar-refractivity contribution in [2.45, 2.75) is 57.6 Å². The highest BCUT2D eigenvalue weighted by Crippen LogP contribution is 2.29. The Hall–Kier alpha value is -3.02. The number of para-hydroxylation sites is 2. The fraction of sp³-hybridized carbons (Fsp3) is 0.440. The van der Waals surface area contributed by atoms with E-state index in [-0.39, 0.29) is 18.4 Å². The Morgan fingerprint density at radius 2 is 1.55 bits per heavy atom. The van der Waals surface area contributed by atoms with Crippen LogP contribution in [0.25, 0.3) is 0 Å². The summed E-state index contributed by atoms with van der Waals surface area (Å²) in [6, 6.07) is 17.2. The number of rotatable bonds is 10. The number of benzene rings is 2. The van der Waals surface area contributed by atoms with Crippen molar-refractivity contribution in [3.63, 3.8) is 0 Å². The van der Waals surface area contributed by atoms with Crippen LogP contribution in [0.1, 0.15) is 51.0 Å². The number of carbonyl (C=O) groups excluding carboxylic acids is 2. The molecule has 166 valence electrons. The second-order valence-corrected chi connectivity index (χ2v) is 7.96. The Balaban J connectivity index is 1.58. The molecule has 2 amide bonds. The fourth-order valence-electron chi connectivity index (χ4n) is 3.84. The lowest BCUT2D eigenvalue weighted by molar-refractivity contribution is -0.135. The van der Waals surface area contributed by atoms with E-state index in [4.69, 9.17) is 9.47 Å². The predicted octanol–water partition coefficient (Wildman–Crippen LogP) is 3.99. The molecular weight excluding hydrogens is 392 g/mol. The maximum absolute atomic E-state index is 12.8. The SMILES string of the molecule is CCCNC(=O)C1(NC(=O)COc2ccccc2OCc2ccccc2)CCCCC1. The molecule has 0 aromatic heterocycles. The smallest absolute Gasteiger partial charge is 0.258 e. The molecule has 2 N–H and O–H groups in total. The van der Waals surface area contributed by atoms with Crippen LogP contribution in [0.3, 0.4) is 0 Å². The van der Waals surface area contributed by atoms with Gasteiger partial charge in [0.2, 0.25) is 5.91 Å². The van der Waals surface area contributed by atoms with Crippen molar-refractivity contribution in [1.82, 2.24) is 10.6 Å². The van der Waals surface area contributed by atoms with Crippen molar-refractivity contribution in [1.29, 1.82) is 0 Å². The molecule has 6 heteroatoms. The average molecular weight is 425 g/mol. The minimum Gasteiger partial charge on any atom is -0.485 e. The third kappa shape index (κ3) is 6.48. The van der Waals surface area contributed by atoms with Gasteiger partial charge in [0.05, 0.1) is 0 Å². The number of nitrogens with one attached hydrogen (secondary N) is 2. The Bertz CT molecular complexity index is 848. The van der Waals surface area contributed by atoms with Crippen LogP contribution in [-0.2, 0) is 16.2 Å². The van der Waals surface area contributed by atoms with E-state index in [1.54, 1.807) is 6.07 Å². The summed E-state index contributed by atoms with van der Waals surface area (Å²) in [6.45, 7) is 2.86. The lowest BCUT2D eigenvalue weighted by Gasteiger charge is -2.36. The van der Waals surface area contributed by atoms with Gasteiger partial charge in [-0.3, -0.25) is 9.59 Å². The molecule has 2 aromatic carbocycles. The van der Waals surface area contributed by atoms with E-state index in [1.807, 2.05) is 55.5 Å². The van der Waals surface area contributed by atoms with Gasteiger partial charge < -0.3 is 20.1 Å². The number of ether oxygens (including phenoxy) is 2.